The van der Waals surface area contributed by atoms with Crippen LogP contribution in [-0.4, -0.2) is 24.4 Å². The lowest BCUT2D eigenvalue weighted by Crippen LogP contribution is -2.34. The highest BCUT2D eigenvalue weighted by molar-refractivity contribution is 7.95. The van der Waals surface area contributed by atoms with Crippen LogP contribution in [-0.2, 0) is 25.9 Å². The lowest BCUT2D eigenvalue weighted by Gasteiger charge is -2.37. The van der Waals surface area contributed by atoms with Crippen molar-refractivity contribution in [3.8, 4) is 0 Å². The van der Waals surface area contributed by atoms with E-state index in [1.165, 1.54) is 32.7 Å². The van der Waals surface area contributed by atoms with Crippen LogP contribution in [0.4, 0.5) is 5.69 Å². The summed E-state index contributed by atoms with van der Waals surface area (Å²) < 4.78 is 6.10. The molecule has 3 heterocycles. The summed E-state index contributed by atoms with van der Waals surface area (Å²) in [7, 11) is -1.87. The van der Waals surface area contributed by atoms with Gasteiger partial charge in [0.2, 0.25) is 0 Å². The molecule has 4 aromatic carbocycles. The van der Waals surface area contributed by atoms with E-state index in [0.29, 0.717) is 17.6 Å². The molecule has 0 fully saturated rings. The second kappa shape index (κ2) is 12.7. The average molecular weight is 603 g/mol. The van der Waals surface area contributed by atoms with Crippen LogP contribution >= 0.6 is 7.26 Å². The van der Waals surface area contributed by atoms with E-state index < -0.39 is 7.26 Å². The molecular weight excluding hydrogens is 561 g/mol. The van der Waals surface area contributed by atoms with E-state index in [9.17, 15) is 9.90 Å². The van der Waals surface area contributed by atoms with E-state index in [2.05, 4.69) is 102 Å². The van der Waals surface area contributed by atoms with Crippen LogP contribution in [0.2, 0.25) is 0 Å². The lowest BCUT2D eigenvalue weighted by atomic mass is 9.88. The molecular formula is C39H41NO3P+. The molecule has 5 aromatic rings. The van der Waals surface area contributed by atoms with Gasteiger partial charge in [-0.1, -0.05) is 54.6 Å². The summed E-state index contributed by atoms with van der Waals surface area (Å²) in [6, 6.07) is 35.3. The molecule has 7 rings (SSSR count). The minimum absolute atomic E-state index is 0.135. The van der Waals surface area contributed by atoms with Gasteiger partial charge in [0, 0.05) is 35.3 Å². The summed E-state index contributed by atoms with van der Waals surface area (Å²) >= 11 is 0. The van der Waals surface area contributed by atoms with Crippen molar-refractivity contribution >= 4 is 39.8 Å². The molecule has 0 saturated carbocycles. The zero-order valence-electron chi connectivity index (χ0n) is 25.4. The van der Waals surface area contributed by atoms with Gasteiger partial charge in [-0.05, 0) is 105 Å². The van der Waals surface area contributed by atoms with E-state index in [-0.39, 0.29) is 12.2 Å². The molecule has 0 bridgehead atoms. The topological polar surface area (TPSA) is 53.7 Å². The van der Waals surface area contributed by atoms with Gasteiger partial charge < -0.3 is 14.4 Å². The molecule has 2 aliphatic rings. The van der Waals surface area contributed by atoms with Crippen LogP contribution < -0.4 is 26.4 Å². The molecule has 4 nitrogen and oxygen atoms in total. The Kier molecular flexibility index (Phi) is 8.39. The van der Waals surface area contributed by atoms with Crippen molar-refractivity contribution in [2.75, 3.05) is 24.2 Å². The molecule has 2 aliphatic heterocycles. The fourth-order valence-electron chi connectivity index (χ4n) is 7.75. The van der Waals surface area contributed by atoms with Gasteiger partial charge in [-0.3, -0.25) is 0 Å². The second-order valence-corrected chi connectivity index (χ2v) is 15.9. The van der Waals surface area contributed by atoms with Gasteiger partial charge in [0.05, 0.1) is 12.8 Å². The van der Waals surface area contributed by atoms with E-state index in [0.717, 1.165) is 75.1 Å². The normalized spacial score (nSPS) is 14.5. The number of hydrogen-bond donors (Lipinski definition) is 1. The average Bonchev–Trinajstić information content (AvgIpc) is 3.08. The molecule has 0 aliphatic carbocycles. The maximum atomic E-state index is 13.4. The van der Waals surface area contributed by atoms with Crippen molar-refractivity contribution in [1.29, 1.82) is 0 Å². The minimum Gasteiger partial charge on any atom is -0.422 e. The largest absolute Gasteiger partial charge is 0.422 e. The minimum atomic E-state index is -1.87. The van der Waals surface area contributed by atoms with Crippen LogP contribution in [0.5, 0.6) is 0 Å². The Morgan fingerprint density at radius 2 is 1.32 bits per heavy atom. The first-order chi connectivity index (χ1) is 21.7. The van der Waals surface area contributed by atoms with Gasteiger partial charge in [0.1, 0.15) is 28.8 Å². The first-order valence-corrected chi connectivity index (χ1v) is 18.2. The summed E-state index contributed by atoms with van der Waals surface area (Å²) in [5.74, 6) is 0. The molecule has 1 N–H and O–H groups in total. The van der Waals surface area contributed by atoms with Gasteiger partial charge in [-0.15, -0.1) is 0 Å². The summed E-state index contributed by atoms with van der Waals surface area (Å²) in [6.45, 7) is 2.01. The van der Waals surface area contributed by atoms with Crippen molar-refractivity contribution in [2.45, 2.75) is 58.0 Å². The SMILES string of the molecule is O=c1oc2c3c4c(cc2c(CO)c1CCCCC[P+](c1ccccc1)(c1ccccc1)c1ccccc1)CCCN4CCC3. The highest BCUT2D eigenvalue weighted by atomic mass is 31.2. The molecule has 224 valence electrons. The zero-order valence-corrected chi connectivity index (χ0v) is 26.3. The molecule has 5 heteroatoms. The summed E-state index contributed by atoms with van der Waals surface area (Å²) in [4.78, 5) is 15.9. The van der Waals surface area contributed by atoms with E-state index in [4.69, 9.17) is 4.42 Å². The highest BCUT2D eigenvalue weighted by Crippen LogP contribution is 2.56. The molecule has 0 unspecified atom stereocenters. The predicted octanol–water partition coefficient (Wildman–Crippen LogP) is 6.69. The smallest absolute Gasteiger partial charge is 0.339 e. The number of hydrogen-bond acceptors (Lipinski definition) is 4. The number of unbranched alkanes of at least 4 members (excludes halogenated alkanes) is 2. The molecule has 0 saturated heterocycles. The number of aliphatic hydroxyl groups is 1. The van der Waals surface area contributed by atoms with Crippen LogP contribution in [0, 0.1) is 0 Å². The monoisotopic (exact) mass is 602 g/mol. The maximum Gasteiger partial charge on any atom is 0.339 e. The Morgan fingerprint density at radius 1 is 0.727 bits per heavy atom. The Bertz CT molecular complexity index is 1700. The molecule has 0 spiro atoms. The maximum absolute atomic E-state index is 13.4. The van der Waals surface area contributed by atoms with Crippen LogP contribution in [0.25, 0.3) is 11.0 Å². The van der Waals surface area contributed by atoms with Gasteiger partial charge in [-0.2, -0.15) is 0 Å². The Morgan fingerprint density at radius 3 is 1.91 bits per heavy atom. The van der Waals surface area contributed by atoms with Crippen molar-refractivity contribution in [1.82, 2.24) is 0 Å². The third kappa shape index (κ3) is 5.19. The highest BCUT2D eigenvalue weighted by Gasteiger charge is 2.44. The van der Waals surface area contributed by atoms with Gasteiger partial charge in [0.25, 0.3) is 0 Å². The quantitative estimate of drug-likeness (QED) is 0.110. The molecule has 44 heavy (non-hydrogen) atoms. The first kappa shape index (κ1) is 29.0. The van der Waals surface area contributed by atoms with Crippen LogP contribution in [0.1, 0.15) is 54.4 Å². The number of anilines is 1. The fraction of sp³-hybridized carbons (Fsp3) is 0.308. The third-order valence-electron chi connectivity index (χ3n) is 9.77. The predicted molar refractivity (Wildman–Crippen MR) is 185 cm³/mol. The summed E-state index contributed by atoms with van der Waals surface area (Å²) in [5, 5.41) is 15.7. The van der Waals surface area contributed by atoms with E-state index in [1.54, 1.807) is 0 Å². The van der Waals surface area contributed by atoms with E-state index in [1.807, 2.05) is 0 Å². The zero-order chi connectivity index (χ0) is 29.9. The number of fused-ring (bicyclic) bond motifs is 2. The number of benzene rings is 4. The number of aliphatic hydroxyl groups excluding tert-OH is 1. The van der Waals surface area contributed by atoms with Gasteiger partial charge >= 0.3 is 5.63 Å². The number of aryl methyl sites for hydroxylation is 2. The van der Waals surface area contributed by atoms with Crippen molar-refractivity contribution < 1.29 is 9.52 Å². The van der Waals surface area contributed by atoms with Gasteiger partial charge in [-0.25, -0.2) is 4.79 Å². The fourth-order valence-corrected chi connectivity index (χ4v) is 12.2. The Balaban J connectivity index is 1.16. The Hall–Kier alpha value is -3.72. The lowest BCUT2D eigenvalue weighted by molar-refractivity contribution is 0.280. The molecule has 1 aromatic heterocycles. The summed E-state index contributed by atoms with van der Waals surface area (Å²) in [6.07, 6.45) is 8.82. The third-order valence-corrected chi connectivity index (χ3v) is 14.3. The molecule has 0 atom stereocenters. The second-order valence-electron chi connectivity index (χ2n) is 12.3. The summed E-state index contributed by atoms with van der Waals surface area (Å²) in [5.41, 5.74) is 5.67. The van der Waals surface area contributed by atoms with Gasteiger partial charge in [0.15, 0.2) is 0 Å². The Labute approximate surface area is 260 Å². The molecule has 0 amide bonds. The van der Waals surface area contributed by atoms with Crippen LogP contribution in [0.3, 0.4) is 0 Å². The number of rotatable bonds is 10. The standard InChI is InChI=1S/C39H41NO3P/c41-28-36-33(39(42)43-38-34-23-14-25-40-24-13-15-29(37(34)40)27-35(36)38)22-11-4-12-26-44(30-16-5-1-6-17-30,31-18-7-2-8-19-31)32-20-9-3-10-21-32/h1-3,5-10,16-21,27,41H,4,11-15,22-26,28H2/q+1. The van der Waals surface area contributed by atoms with Crippen molar-refractivity contribution in [3.05, 3.63) is 130 Å². The number of nitrogens with zero attached hydrogens (tertiary/aromatic N) is 1. The van der Waals surface area contributed by atoms with Crippen molar-refractivity contribution in [3.63, 3.8) is 0 Å². The van der Waals surface area contributed by atoms with E-state index >= 15 is 0 Å². The first-order valence-electron chi connectivity index (χ1n) is 16.2. The van der Waals surface area contributed by atoms with Crippen LogP contribution in [0.15, 0.2) is 106 Å². The molecule has 0 radical (unpaired) electrons. The van der Waals surface area contributed by atoms with Crippen molar-refractivity contribution in [2.24, 2.45) is 0 Å².